The molecule has 0 unspecified atom stereocenters. The Morgan fingerprint density at radius 3 is 1.92 bits per heavy atom. The highest BCUT2D eigenvalue weighted by Gasteiger charge is 2.21. The van der Waals surface area contributed by atoms with E-state index in [-0.39, 0.29) is 0 Å². The fourth-order valence-corrected chi connectivity index (χ4v) is 8.79. The molecule has 0 amide bonds. The first-order valence-electron chi connectivity index (χ1n) is 16.7. The summed E-state index contributed by atoms with van der Waals surface area (Å²) in [6.45, 7) is 0. The van der Waals surface area contributed by atoms with Gasteiger partial charge in [0.1, 0.15) is 0 Å². The highest BCUT2D eigenvalue weighted by molar-refractivity contribution is 7.26. The molecule has 10 rings (SSSR count). The van der Waals surface area contributed by atoms with Crippen LogP contribution in [-0.2, 0) is 0 Å². The van der Waals surface area contributed by atoms with Gasteiger partial charge in [-0.05, 0) is 77.2 Å². The van der Waals surface area contributed by atoms with Crippen molar-refractivity contribution in [3.63, 3.8) is 0 Å². The third kappa shape index (κ3) is 4.47. The van der Waals surface area contributed by atoms with Gasteiger partial charge in [-0.1, -0.05) is 121 Å². The number of hydrogen-bond acceptors (Lipinski definition) is 2. The summed E-state index contributed by atoms with van der Waals surface area (Å²) in [5, 5.41) is 7.62. The average Bonchev–Trinajstić information content (AvgIpc) is 3.72. The van der Waals surface area contributed by atoms with Crippen molar-refractivity contribution in [2.24, 2.45) is 0 Å². The molecule has 2 nitrogen and oxygen atoms in total. The molecule has 0 spiro atoms. The second-order valence-corrected chi connectivity index (χ2v) is 13.6. The van der Waals surface area contributed by atoms with Crippen LogP contribution in [-0.4, -0.2) is 4.57 Å². The Morgan fingerprint density at radius 1 is 0.429 bits per heavy atom. The van der Waals surface area contributed by atoms with E-state index in [9.17, 15) is 0 Å². The standard InChI is InChI=1S/C46H30N2S/c1-3-12-31(13-4-1)32-22-24-35(25-23-32)47(41-20-11-15-33-14-7-8-18-37(33)41)36-26-28-42-40(30-36)45-43(48(42)34-16-5-2-6-17-34)29-27-39-38-19-9-10-21-44(38)49-46(39)45/h1-30H. The van der Waals surface area contributed by atoms with Crippen LogP contribution in [0.25, 0.3) is 69.6 Å². The van der Waals surface area contributed by atoms with Crippen molar-refractivity contribution in [2.75, 3.05) is 4.90 Å². The van der Waals surface area contributed by atoms with Crippen LogP contribution in [0.2, 0.25) is 0 Å². The predicted octanol–water partition coefficient (Wildman–Crippen LogP) is 13.4. The van der Waals surface area contributed by atoms with Gasteiger partial charge >= 0.3 is 0 Å². The van der Waals surface area contributed by atoms with Gasteiger partial charge in [-0.2, -0.15) is 0 Å². The molecule has 2 heterocycles. The largest absolute Gasteiger partial charge is 0.310 e. The fraction of sp³-hybridized carbons (Fsp3) is 0. The lowest BCUT2D eigenvalue weighted by molar-refractivity contribution is 1.18. The minimum absolute atomic E-state index is 1.12. The van der Waals surface area contributed by atoms with Crippen LogP contribution >= 0.6 is 11.3 Å². The monoisotopic (exact) mass is 642 g/mol. The van der Waals surface area contributed by atoms with Crippen molar-refractivity contribution >= 4 is 81.1 Å². The third-order valence-corrected chi connectivity index (χ3v) is 11.0. The number of anilines is 3. The zero-order valence-electron chi connectivity index (χ0n) is 26.6. The lowest BCUT2D eigenvalue weighted by Crippen LogP contribution is -2.10. The minimum atomic E-state index is 1.12. The number of thiophene rings is 1. The first-order chi connectivity index (χ1) is 24.3. The Bertz CT molecular complexity index is 2810. The van der Waals surface area contributed by atoms with Crippen molar-refractivity contribution in [3.05, 3.63) is 182 Å². The van der Waals surface area contributed by atoms with Gasteiger partial charge in [0.05, 0.1) is 16.7 Å². The molecule has 0 bridgehead atoms. The van der Waals surface area contributed by atoms with Crippen LogP contribution in [0.1, 0.15) is 0 Å². The molecule has 0 aliphatic heterocycles. The molecule has 0 N–H and O–H groups in total. The highest BCUT2D eigenvalue weighted by atomic mass is 32.1. The third-order valence-electron chi connectivity index (χ3n) is 9.77. The first-order valence-corrected chi connectivity index (χ1v) is 17.5. The molecule has 3 heteroatoms. The Kier molecular flexibility index (Phi) is 6.39. The van der Waals surface area contributed by atoms with Crippen LogP contribution in [0.3, 0.4) is 0 Å². The van der Waals surface area contributed by atoms with Gasteiger partial charge < -0.3 is 9.47 Å². The van der Waals surface area contributed by atoms with Crippen molar-refractivity contribution in [2.45, 2.75) is 0 Å². The van der Waals surface area contributed by atoms with Crippen LogP contribution in [0.4, 0.5) is 17.1 Å². The average molecular weight is 643 g/mol. The van der Waals surface area contributed by atoms with Gasteiger partial charge in [-0.15, -0.1) is 11.3 Å². The molecule has 8 aromatic carbocycles. The van der Waals surface area contributed by atoms with Gasteiger partial charge in [0.2, 0.25) is 0 Å². The summed E-state index contributed by atoms with van der Waals surface area (Å²) < 4.78 is 5.08. The van der Waals surface area contributed by atoms with E-state index in [1.807, 2.05) is 11.3 Å². The van der Waals surface area contributed by atoms with Crippen LogP contribution < -0.4 is 4.90 Å². The summed E-state index contributed by atoms with van der Waals surface area (Å²) in [6, 6.07) is 66.1. The van der Waals surface area contributed by atoms with Crippen LogP contribution in [0.5, 0.6) is 0 Å². The zero-order chi connectivity index (χ0) is 32.3. The molecule has 0 aliphatic rings. The maximum Gasteiger partial charge on any atom is 0.0555 e. The van der Waals surface area contributed by atoms with Crippen molar-refractivity contribution < 1.29 is 0 Å². The molecule has 49 heavy (non-hydrogen) atoms. The fourth-order valence-electron chi connectivity index (χ4n) is 7.53. The van der Waals surface area contributed by atoms with E-state index in [1.165, 1.54) is 63.9 Å². The van der Waals surface area contributed by atoms with E-state index in [1.54, 1.807) is 0 Å². The second kappa shape index (κ2) is 11.2. The number of nitrogens with zero attached hydrogens (tertiary/aromatic N) is 2. The van der Waals surface area contributed by atoms with E-state index >= 15 is 0 Å². The number of rotatable bonds is 5. The molecular formula is C46H30N2S. The number of hydrogen-bond donors (Lipinski definition) is 0. The molecule has 0 radical (unpaired) electrons. The molecule has 2 aromatic heterocycles. The van der Waals surface area contributed by atoms with Crippen LogP contribution in [0, 0.1) is 0 Å². The zero-order valence-corrected chi connectivity index (χ0v) is 27.4. The Morgan fingerprint density at radius 2 is 1.08 bits per heavy atom. The maximum atomic E-state index is 2.43. The van der Waals surface area contributed by atoms with Gasteiger partial charge in [-0.3, -0.25) is 0 Å². The molecule has 0 saturated carbocycles. The summed E-state index contributed by atoms with van der Waals surface area (Å²) >= 11 is 1.90. The first kappa shape index (κ1) is 27.9. The lowest BCUT2D eigenvalue weighted by atomic mass is 10.0. The Hall–Kier alpha value is -6.16. The topological polar surface area (TPSA) is 8.17 Å². The molecule has 0 fully saturated rings. The summed E-state index contributed by atoms with van der Waals surface area (Å²) in [7, 11) is 0. The molecule has 230 valence electrons. The number of fused-ring (bicyclic) bond motifs is 8. The molecule has 0 aliphatic carbocycles. The predicted molar refractivity (Wildman–Crippen MR) is 211 cm³/mol. The number of benzene rings is 8. The minimum Gasteiger partial charge on any atom is -0.310 e. The summed E-state index contributed by atoms with van der Waals surface area (Å²) in [6.07, 6.45) is 0. The Labute approximate surface area is 288 Å². The second-order valence-electron chi connectivity index (χ2n) is 12.6. The van der Waals surface area contributed by atoms with E-state index in [0.29, 0.717) is 0 Å². The number of aromatic nitrogens is 1. The number of para-hydroxylation sites is 1. The molecule has 10 aromatic rings. The van der Waals surface area contributed by atoms with E-state index in [2.05, 4.69) is 191 Å². The van der Waals surface area contributed by atoms with Crippen LogP contribution in [0.15, 0.2) is 182 Å². The van der Waals surface area contributed by atoms with Gasteiger partial charge in [0, 0.05) is 53.4 Å². The Balaban J connectivity index is 1.27. The van der Waals surface area contributed by atoms with Gasteiger partial charge in [0.15, 0.2) is 0 Å². The smallest absolute Gasteiger partial charge is 0.0555 e. The summed E-state index contributed by atoms with van der Waals surface area (Å²) in [5.74, 6) is 0. The molecule has 0 saturated heterocycles. The maximum absolute atomic E-state index is 2.43. The van der Waals surface area contributed by atoms with Crippen molar-refractivity contribution in [1.82, 2.24) is 4.57 Å². The van der Waals surface area contributed by atoms with E-state index in [4.69, 9.17) is 0 Å². The molecular weight excluding hydrogens is 613 g/mol. The lowest BCUT2D eigenvalue weighted by Gasteiger charge is -2.27. The van der Waals surface area contributed by atoms with Crippen molar-refractivity contribution in [3.8, 4) is 16.8 Å². The highest BCUT2D eigenvalue weighted by Crippen LogP contribution is 2.46. The quantitative estimate of drug-likeness (QED) is 0.181. The molecule has 0 atom stereocenters. The van der Waals surface area contributed by atoms with E-state index in [0.717, 1.165) is 22.7 Å². The SMILES string of the molecule is c1ccc(-c2ccc(N(c3ccc4c(c3)c3c5sc6ccccc6c5ccc3n4-c3ccccc3)c3cccc4ccccc34)cc2)cc1. The van der Waals surface area contributed by atoms with Gasteiger partial charge in [0.25, 0.3) is 0 Å². The summed E-state index contributed by atoms with van der Waals surface area (Å²) in [4.78, 5) is 2.42. The van der Waals surface area contributed by atoms with Crippen molar-refractivity contribution in [1.29, 1.82) is 0 Å². The normalized spacial score (nSPS) is 11.7. The van der Waals surface area contributed by atoms with E-state index < -0.39 is 0 Å². The van der Waals surface area contributed by atoms with Gasteiger partial charge in [-0.25, -0.2) is 0 Å². The summed E-state index contributed by atoms with van der Waals surface area (Å²) in [5.41, 5.74) is 9.41.